The Morgan fingerprint density at radius 1 is 0.667 bits per heavy atom. The Morgan fingerprint density at radius 2 is 1.19 bits per heavy atom. The second-order valence-electron chi connectivity index (χ2n) is 6.69. The van der Waals surface area contributed by atoms with Crippen molar-refractivity contribution < 1.29 is 0 Å². The first-order valence-corrected chi connectivity index (χ1v) is 9.05. The molecule has 0 aromatic heterocycles. The molecule has 0 saturated carbocycles. The Balaban J connectivity index is 2.09. The van der Waals surface area contributed by atoms with Gasteiger partial charge < -0.3 is 0 Å². The van der Waals surface area contributed by atoms with Crippen molar-refractivity contribution >= 4 is 17.2 Å². The zero-order valence-corrected chi connectivity index (χ0v) is 16.1. The average molecular weight is 352 g/mol. The van der Waals surface area contributed by atoms with Crippen LogP contribution in [0.4, 0.5) is 0 Å². The van der Waals surface area contributed by atoms with E-state index in [-0.39, 0.29) is 0 Å². The lowest BCUT2D eigenvalue weighted by molar-refractivity contribution is 1.35. The fourth-order valence-corrected chi connectivity index (χ4v) is 2.98. The predicted molar refractivity (Wildman–Crippen MR) is 117 cm³/mol. The summed E-state index contributed by atoms with van der Waals surface area (Å²) in [6.07, 6.45) is 0. The molecule has 2 heteroatoms. The maximum atomic E-state index is 4.87. The number of aliphatic imine (C=N–C) groups is 2. The number of amidine groups is 1. The van der Waals surface area contributed by atoms with Crippen LogP contribution in [0.25, 0.3) is 5.70 Å². The van der Waals surface area contributed by atoms with Gasteiger partial charge in [0.1, 0.15) is 0 Å². The van der Waals surface area contributed by atoms with E-state index in [1.165, 1.54) is 11.1 Å². The van der Waals surface area contributed by atoms with E-state index in [0.29, 0.717) is 11.5 Å². The highest BCUT2D eigenvalue weighted by Crippen LogP contribution is 2.18. The highest BCUT2D eigenvalue weighted by Gasteiger charge is 2.08. The van der Waals surface area contributed by atoms with Crippen LogP contribution in [0.1, 0.15) is 34.7 Å². The third-order valence-electron chi connectivity index (χ3n) is 4.29. The largest absolute Gasteiger partial charge is 0.233 e. The molecule has 0 amide bonds. The average Bonchev–Trinajstić information content (AvgIpc) is 2.68. The minimum atomic E-state index is 0.678. The Bertz CT molecular complexity index is 977. The highest BCUT2D eigenvalue weighted by molar-refractivity contribution is 6.12. The normalized spacial score (nSPS) is 12.1. The van der Waals surface area contributed by atoms with Crippen LogP contribution in [0.3, 0.4) is 0 Å². The van der Waals surface area contributed by atoms with Crippen LogP contribution >= 0.6 is 0 Å². The number of hydrogen-bond acceptors (Lipinski definition) is 1. The van der Waals surface area contributed by atoms with Crippen LogP contribution in [0.15, 0.2) is 95.4 Å². The first-order valence-electron chi connectivity index (χ1n) is 9.05. The van der Waals surface area contributed by atoms with Crippen LogP contribution in [0.5, 0.6) is 0 Å². The van der Waals surface area contributed by atoms with Gasteiger partial charge in [-0.25, -0.2) is 9.98 Å². The molecule has 0 radical (unpaired) electrons. The molecule has 0 aliphatic heterocycles. The topological polar surface area (TPSA) is 24.7 Å². The molecule has 3 rings (SSSR count). The first kappa shape index (κ1) is 18.5. The Kier molecular flexibility index (Phi) is 5.77. The van der Waals surface area contributed by atoms with E-state index in [1.54, 1.807) is 0 Å². The van der Waals surface area contributed by atoms with Crippen molar-refractivity contribution in [2.24, 2.45) is 9.98 Å². The molecule has 3 aromatic carbocycles. The summed E-state index contributed by atoms with van der Waals surface area (Å²) in [4.78, 5) is 9.67. The van der Waals surface area contributed by atoms with E-state index in [0.717, 1.165) is 22.4 Å². The van der Waals surface area contributed by atoms with Gasteiger partial charge in [-0.1, -0.05) is 84.4 Å². The molecule has 0 atom stereocenters. The van der Waals surface area contributed by atoms with E-state index in [1.807, 2.05) is 55.5 Å². The number of benzene rings is 3. The van der Waals surface area contributed by atoms with E-state index < -0.39 is 0 Å². The van der Waals surface area contributed by atoms with Crippen LogP contribution in [-0.2, 0) is 0 Å². The van der Waals surface area contributed by atoms with Crippen molar-refractivity contribution in [1.82, 2.24) is 0 Å². The Morgan fingerprint density at radius 3 is 1.74 bits per heavy atom. The summed E-state index contributed by atoms with van der Waals surface area (Å²) in [7, 11) is 0. The van der Waals surface area contributed by atoms with Crippen molar-refractivity contribution in [1.29, 1.82) is 0 Å². The molecular weight excluding hydrogens is 328 g/mol. The van der Waals surface area contributed by atoms with Crippen LogP contribution in [-0.4, -0.2) is 11.5 Å². The lowest BCUT2D eigenvalue weighted by atomic mass is 10.1. The Labute approximate surface area is 161 Å². The number of nitrogens with zero attached hydrogens (tertiary/aromatic N) is 2. The molecule has 0 unspecified atom stereocenters. The van der Waals surface area contributed by atoms with Gasteiger partial charge in [0.25, 0.3) is 0 Å². The minimum Gasteiger partial charge on any atom is -0.233 e. The molecule has 0 heterocycles. The van der Waals surface area contributed by atoms with Crippen molar-refractivity contribution in [3.63, 3.8) is 0 Å². The summed E-state index contributed by atoms with van der Waals surface area (Å²) in [5.74, 6) is 0.678. The van der Waals surface area contributed by atoms with Gasteiger partial charge in [0.15, 0.2) is 5.84 Å². The third-order valence-corrected chi connectivity index (χ3v) is 4.29. The van der Waals surface area contributed by atoms with Gasteiger partial charge in [-0.3, -0.25) is 0 Å². The van der Waals surface area contributed by atoms with Crippen molar-refractivity contribution in [3.8, 4) is 0 Å². The monoisotopic (exact) mass is 352 g/mol. The quantitative estimate of drug-likeness (QED) is 0.393. The fraction of sp³-hybridized carbons (Fsp3) is 0.120. The van der Waals surface area contributed by atoms with Gasteiger partial charge in [-0.2, -0.15) is 0 Å². The standard InChI is InChI=1S/C25H24N2/c1-18-15-19(2)17-24(16-18)25(26-20(3)22-11-7-5-8-12-22)27-21(4)23-13-9-6-10-14-23/h5-17H,3H2,1-2,4H3. The molecule has 2 nitrogen and oxygen atoms in total. The molecule has 0 saturated heterocycles. The minimum absolute atomic E-state index is 0.678. The van der Waals surface area contributed by atoms with Gasteiger partial charge in [0, 0.05) is 11.3 Å². The predicted octanol–water partition coefficient (Wildman–Crippen LogP) is 6.23. The van der Waals surface area contributed by atoms with E-state index >= 15 is 0 Å². The van der Waals surface area contributed by atoms with E-state index in [9.17, 15) is 0 Å². The second kappa shape index (κ2) is 8.41. The maximum Gasteiger partial charge on any atom is 0.160 e. The Hall–Kier alpha value is -3.26. The fourth-order valence-electron chi connectivity index (χ4n) is 2.98. The number of hydrogen-bond donors (Lipinski definition) is 0. The molecule has 3 aromatic rings. The van der Waals surface area contributed by atoms with Crippen molar-refractivity contribution in [3.05, 3.63) is 113 Å². The molecular formula is C25H24N2. The molecule has 0 aliphatic carbocycles. The molecule has 0 N–H and O–H groups in total. The lowest BCUT2D eigenvalue weighted by Crippen LogP contribution is -2.05. The summed E-state index contributed by atoms with van der Waals surface area (Å²) in [6.45, 7) is 10.4. The molecule has 134 valence electrons. The second-order valence-corrected chi connectivity index (χ2v) is 6.69. The van der Waals surface area contributed by atoms with Crippen LogP contribution < -0.4 is 0 Å². The summed E-state index contributed by atoms with van der Waals surface area (Å²) in [5, 5.41) is 0. The molecule has 0 spiro atoms. The van der Waals surface area contributed by atoms with Gasteiger partial charge in [-0.05, 0) is 44.0 Å². The smallest absolute Gasteiger partial charge is 0.160 e. The third kappa shape index (κ3) is 4.89. The van der Waals surface area contributed by atoms with E-state index in [2.05, 4.69) is 50.8 Å². The van der Waals surface area contributed by atoms with Gasteiger partial charge in [0.2, 0.25) is 0 Å². The summed E-state index contributed by atoms with van der Waals surface area (Å²) < 4.78 is 0. The van der Waals surface area contributed by atoms with Crippen LogP contribution in [0.2, 0.25) is 0 Å². The zero-order valence-electron chi connectivity index (χ0n) is 16.1. The SMILES string of the molecule is C=C(N=C(N=C(C)c1ccccc1)c1cc(C)cc(C)c1)c1ccccc1. The number of rotatable bonds is 4. The highest BCUT2D eigenvalue weighted by atomic mass is 14.9. The number of aryl methyl sites for hydroxylation is 2. The van der Waals surface area contributed by atoms with Crippen molar-refractivity contribution in [2.75, 3.05) is 0 Å². The van der Waals surface area contributed by atoms with Gasteiger partial charge in [-0.15, -0.1) is 0 Å². The summed E-state index contributed by atoms with van der Waals surface area (Å²) in [5.41, 5.74) is 7.08. The van der Waals surface area contributed by atoms with Gasteiger partial charge in [0.05, 0.1) is 5.70 Å². The van der Waals surface area contributed by atoms with Gasteiger partial charge >= 0.3 is 0 Å². The zero-order chi connectivity index (χ0) is 19.2. The molecule has 27 heavy (non-hydrogen) atoms. The maximum absolute atomic E-state index is 4.87. The van der Waals surface area contributed by atoms with Crippen molar-refractivity contribution in [2.45, 2.75) is 20.8 Å². The molecule has 0 bridgehead atoms. The van der Waals surface area contributed by atoms with E-state index in [4.69, 9.17) is 9.98 Å². The lowest BCUT2D eigenvalue weighted by Gasteiger charge is -2.09. The summed E-state index contributed by atoms with van der Waals surface area (Å²) >= 11 is 0. The summed E-state index contributed by atoms with van der Waals surface area (Å²) in [6, 6.07) is 26.5. The van der Waals surface area contributed by atoms with Crippen LogP contribution in [0, 0.1) is 13.8 Å². The first-order chi connectivity index (χ1) is 13.0. The molecule has 0 fully saturated rings. The molecule has 0 aliphatic rings.